The van der Waals surface area contributed by atoms with Crippen LogP contribution in [0.3, 0.4) is 0 Å². The Morgan fingerprint density at radius 1 is 1.43 bits per heavy atom. The second kappa shape index (κ2) is 2.84. The van der Waals surface area contributed by atoms with Crippen LogP contribution in [0, 0.1) is 6.92 Å². The second-order valence-corrected chi connectivity index (χ2v) is 4.07. The first kappa shape index (κ1) is 9.25. The predicted octanol–water partition coefficient (Wildman–Crippen LogP) is 2.58. The van der Waals surface area contributed by atoms with Gasteiger partial charge in [-0.25, -0.2) is 0 Å². The molecule has 0 aromatic heterocycles. The molecule has 1 unspecified atom stereocenters. The molecule has 0 bridgehead atoms. The van der Waals surface area contributed by atoms with Gasteiger partial charge in [-0.1, -0.05) is 19.1 Å². The van der Waals surface area contributed by atoms with E-state index in [2.05, 4.69) is 0 Å². The molecule has 0 saturated heterocycles. The van der Waals surface area contributed by atoms with Crippen molar-refractivity contribution in [1.29, 1.82) is 0 Å². The highest BCUT2D eigenvalue weighted by atomic mass is 16.5. The van der Waals surface area contributed by atoms with Crippen LogP contribution < -0.4 is 4.74 Å². The van der Waals surface area contributed by atoms with E-state index in [-0.39, 0.29) is 5.97 Å². The Bertz CT molecular complexity index is 395. The highest BCUT2D eigenvalue weighted by molar-refractivity contribution is 5.90. The Labute approximate surface area is 83.9 Å². The van der Waals surface area contributed by atoms with Crippen LogP contribution in [0.5, 0.6) is 5.75 Å². The van der Waals surface area contributed by atoms with Crippen LogP contribution in [0.1, 0.15) is 31.4 Å². The van der Waals surface area contributed by atoms with Crippen molar-refractivity contribution in [1.82, 2.24) is 0 Å². The molecule has 74 valence electrons. The number of hydrogen-bond donors (Lipinski definition) is 0. The molecule has 2 heteroatoms. The summed E-state index contributed by atoms with van der Waals surface area (Å²) in [7, 11) is 0. The lowest BCUT2D eigenvalue weighted by atomic mass is 9.81. The molecule has 0 spiro atoms. The molecule has 1 aromatic carbocycles. The van der Waals surface area contributed by atoms with E-state index in [4.69, 9.17) is 4.74 Å². The molecule has 0 aliphatic carbocycles. The fourth-order valence-corrected chi connectivity index (χ4v) is 1.83. The summed E-state index contributed by atoms with van der Waals surface area (Å²) in [4.78, 5) is 11.7. The number of carbonyl (C=O) groups is 1. The molecule has 0 fully saturated rings. The van der Waals surface area contributed by atoms with Gasteiger partial charge in [0.1, 0.15) is 5.75 Å². The van der Waals surface area contributed by atoms with E-state index < -0.39 is 5.41 Å². The van der Waals surface area contributed by atoms with Gasteiger partial charge in [0.05, 0.1) is 5.41 Å². The Hall–Kier alpha value is -1.31. The van der Waals surface area contributed by atoms with Crippen molar-refractivity contribution < 1.29 is 9.53 Å². The first-order valence-electron chi connectivity index (χ1n) is 4.91. The van der Waals surface area contributed by atoms with E-state index in [0.717, 1.165) is 23.3 Å². The summed E-state index contributed by atoms with van der Waals surface area (Å²) in [5.41, 5.74) is 1.70. The lowest BCUT2D eigenvalue weighted by Crippen LogP contribution is -2.29. The van der Waals surface area contributed by atoms with Gasteiger partial charge in [0.25, 0.3) is 0 Å². The van der Waals surface area contributed by atoms with Gasteiger partial charge in [-0.05, 0) is 31.9 Å². The maximum absolute atomic E-state index is 11.7. The van der Waals surface area contributed by atoms with E-state index in [1.807, 2.05) is 39.0 Å². The zero-order valence-corrected chi connectivity index (χ0v) is 8.76. The van der Waals surface area contributed by atoms with Crippen molar-refractivity contribution >= 4 is 5.97 Å². The monoisotopic (exact) mass is 190 g/mol. The van der Waals surface area contributed by atoms with Gasteiger partial charge < -0.3 is 4.74 Å². The standard InChI is InChI=1S/C12H14O2/c1-4-12(3)9-6-5-8(2)7-10(9)14-11(12)13/h5-7H,4H2,1-3H3. The molecular formula is C12H14O2. The third-order valence-electron chi connectivity index (χ3n) is 3.09. The van der Waals surface area contributed by atoms with Crippen molar-refractivity contribution in [3.8, 4) is 5.75 Å². The van der Waals surface area contributed by atoms with Crippen LogP contribution in [0.4, 0.5) is 0 Å². The number of aryl methyl sites for hydroxylation is 1. The molecule has 14 heavy (non-hydrogen) atoms. The fourth-order valence-electron chi connectivity index (χ4n) is 1.83. The Kier molecular flexibility index (Phi) is 1.88. The summed E-state index contributed by atoms with van der Waals surface area (Å²) in [5.74, 6) is 0.611. The van der Waals surface area contributed by atoms with Crippen molar-refractivity contribution in [3.63, 3.8) is 0 Å². The zero-order chi connectivity index (χ0) is 10.3. The van der Waals surface area contributed by atoms with Crippen LogP contribution in [0.2, 0.25) is 0 Å². The van der Waals surface area contributed by atoms with Crippen LogP contribution in [-0.4, -0.2) is 5.97 Å². The summed E-state index contributed by atoms with van der Waals surface area (Å²) in [6, 6.07) is 5.95. The highest BCUT2D eigenvalue weighted by Gasteiger charge is 2.43. The molecule has 1 aliphatic heterocycles. The number of esters is 1. The molecule has 2 nitrogen and oxygen atoms in total. The first-order valence-corrected chi connectivity index (χ1v) is 4.91. The summed E-state index contributed by atoms with van der Waals surface area (Å²) in [5, 5.41) is 0. The van der Waals surface area contributed by atoms with E-state index in [1.165, 1.54) is 0 Å². The second-order valence-electron chi connectivity index (χ2n) is 4.07. The molecule has 2 rings (SSSR count). The van der Waals surface area contributed by atoms with Crippen molar-refractivity contribution in [2.75, 3.05) is 0 Å². The van der Waals surface area contributed by atoms with Crippen LogP contribution in [-0.2, 0) is 10.2 Å². The Balaban J connectivity index is 2.59. The number of fused-ring (bicyclic) bond motifs is 1. The summed E-state index contributed by atoms with van der Waals surface area (Å²) < 4.78 is 5.26. The lowest BCUT2D eigenvalue weighted by molar-refractivity contribution is -0.137. The molecule has 0 amide bonds. The van der Waals surface area contributed by atoms with Gasteiger partial charge in [0.15, 0.2) is 0 Å². The lowest BCUT2D eigenvalue weighted by Gasteiger charge is -2.17. The molecular weight excluding hydrogens is 176 g/mol. The summed E-state index contributed by atoms with van der Waals surface area (Å²) >= 11 is 0. The third-order valence-corrected chi connectivity index (χ3v) is 3.09. The summed E-state index contributed by atoms with van der Waals surface area (Å²) in [6.45, 7) is 5.95. The average Bonchev–Trinajstić information content (AvgIpc) is 2.39. The minimum absolute atomic E-state index is 0.124. The number of benzene rings is 1. The Morgan fingerprint density at radius 3 is 2.79 bits per heavy atom. The maximum atomic E-state index is 11.7. The van der Waals surface area contributed by atoms with Crippen molar-refractivity contribution in [2.24, 2.45) is 0 Å². The van der Waals surface area contributed by atoms with E-state index in [1.54, 1.807) is 0 Å². The van der Waals surface area contributed by atoms with Gasteiger partial charge >= 0.3 is 5.97 Å². The minimum atomic E-state index is -0.441. The largest absolute Gasteiger partial charge is 0.426 e. The van der Waals surface area contributed by atoms with Gasteiger partial charge in [0.2, 0.25) is 0 Å². The normalized spacial score (nSPS) is 24.6. The van der Waals surface area contributed by atoms with E-state index in [0.29, 0.717) is 0 Å². The van der Waals surface area contributed by atoms with Crippen molar-refractivity contribution in [2.45, 2.75) is 32.6 Å². The van der Waals surface area contributed by atoms with Gasteiger partial charge in [0, 0.05) is 5.56 Å². The van der Waals surface area contributed by atoms with Crippen LogP contribution >= 0.6 is 0 Å². The number of ether oxygens (including phenoxy) is 1. The number of rotatable bonds is 1. The van der Waals surface area contributed by atoms with E-state index >= 15 is 0 Å². The topological polar surface area (TPSA) is 26.3 Å². The number of hydrogen-bond acceptors (Lipinski definition) is 2. The molecule has 1 aliphatic rings. The summed E-state index contributed by atoms with van der Waals surface area (Å²) in [6.07, 6.45) is 0.780. The van der Waals surface area contributed by atoms with Gasteiger partial charge in [-0.2, -0.15) is 0 Å². The zero-order valence-electron chi connectivity index (χ0n) is 8.76. The van der Waals surface area contributed by atoms with Crippen molar-refractivity contribution in [3.05, 3.63) is 29.3 Å². The molecule has 1 heterocycles. The SMILES string of the molecule is CCC1(C)C(=O)Oc2cc(C)ccc21. The number of carbonyl (C=O) groups excluding carboxylic acids is 1. The van der Waals surface area contributed by atoms with Crippen LogP contribution in [0.25, 0.3) is 0 Å². The van der Waals surface area contributed by atoms with Gasteiger partial charge in [-0.3, -0.25) is 4.79 Å². The van der Waals surface area contributed by atoms with Gasteiger partial charge in [-0.15, -0.1) is 0 Å². The van der Waals surface area contributed by atoms with E-state index in [9.17, 15) is 4.79 Å². The maximum Gasteiger partial charge on any atom is 0.321 e. The Morgan fingerprint density at radius 2 is 2.14 bits per heavy atom. The molecule has 1 atom stereocenters. The minimum Gasteiger partial charge on any atom is -0.426 e. The molecule has 0 N–H and O–H groups in total. The highest BCUT2D eigenvalue weighted by Crippen LogP contribution is 2.41. The fraction of sp³-hybridized carbons (Fsp3) is 0.417. The molecule has 1 aromatic rings. The first-order chi connectivity index (χ1) is 6.58. The average molecular weight is 190 g/mol. The smallest absolute Gasteiger partial charge is 0.321 e. The molecule has 0 radical (unpaired) electrons. The van der Waals surface area contributed by atoms with Crippen LogP contribution in [0.15, 0.2) is 18.2 Å². The quantitative estimate of drug-likeness (QED) is 0.502. The predicted molar refractivity (Wildman–Crippen MR) is 54.5 cm³/mol. The molecule has 0 saturated carbocycles. The third kappa shape index (κ3) is 1.07.